The lowest BCUT2D eigenvalue weighted by Gasteiger charge is -2.07. The van der Waals surface area contributed by atoms with Crippen LogP contribution in [0.25, 0.3) is 0 Å². The molecule has 24 heavy (non-hydrogen) atoms. The number of hydrazone groups is 1. The zero-order valence-electron chi connectivity index (χ0n) is 12.9. The van der Waals surface area contributed by atoms with E-state index in [4.69, 9.17) is 0 Å². The van der Waals surface area contributed by atoms with Gasteiger partial charge in [0, 0.05) is 11.6 Å². The molecule has 2 rings (SSSR count). The fraction of sp³-hybridized carbons (Fsp3) is 0.133. The van der Waals surface area contributed by atoms with Gasteiger partial charge in [-0.3, -0.25) is 10.1 Å². The van der Waals surface area contributed by atoms with Gasteiger partial charge in [0.2, 0.25) is 0 Å². The van der Waals surface area contributed by atoms with Crippen LogP contribution in [0.1, 0.15) is 16.7 Å². The van der Waals surface area contributed by atoms with Gasteiger partial charge in [-0.05, 0) is 53.0 Å². The SMILES string of the molecule is Cc1ccc(C)c(S(=O)(=O)N/N=C\c2ccc(Br)c([N+](=O)[O-])c2)c1. The highest BCUT2D eigenvalue weighted by molar-refractivity contribution is 9.10. The van der Waals surface area contributed by atoms with Crippen molar-refractivity contribution in [1.82, 2.24) is 4.83 Å². The molecule has 0 aliphatic carbocycles. The lowest BCUT2D eigenvalue weighted by Crippen LogP contribution is -2.19. The van der Waals surface area contributed by atoms with Crippen LogP contribution in [0, 0.1) is 24.0 Å². The topological polar surface area (TPSA) is 102 Å². The number of hydrogen-bond donors (Lipinski definition) is 1. The van der Waals surface area contributed by atoms with Crippen LogP contribution in [-0.4, -0.2) is 19.6 Å². The molecule has 0 aliphatic heterocycles. The van der Waals surface area contributed by atoms with Crippen LogP contribution in [0.4, 0.5) is 5.69 Å². The molecule has 2 aromatic rings. The maximum Gasteiger partial charge on any atom is 0.284 e. The molecule has 0 radical (unpaired) electrons. The molecular weight excluding hydrogens is 398 g/mol. The zero-order valence-corrected chi connectivity index (χ0v) is 15.3. The predicted molar refractivity (Wildman–Crippen MR) is 94.6 cm³/mol. The monoisotopic (exact) mass is 411 g/mol. The van der Waals surface area contributed by atoms with Crippen molar-refractivity contribution in [2.75, 3.05) is 0 Å². The molecule has 7 nitrogen and oxygen atoms in total. The Kier molecular flexibility index (Phi) is 5.35. The molecule has 0 fully saturated rings. The van der Waals surface area contributed by atoms with Crippen LogP contribution in [0.5, 0.6) is 0 Å². The molecule has 0 atom stereocenters. The number of nitrogens with one attached hydrogen (secondary N) is 1. The molecule has 0 heterocycles. The molecule has 0 bridgehead atoms. The van der Waals surface area contributed by atoms with E-state index in [9.17, 15) is 18.5 Å². The van der Waals surface area contributed by atoms with Gasteiger partial charge in [0.25, 0.3) is 15.7 Å². The summed E-state index contributed by atoms with van der Waals surface area (Å²) < 4.78 is 24.9. The number of nitro benzene ring substituents is 1. The minimum absolute atomic E-state index is 0.128. The van der Waals surface area contributed by atoms with E-state index >= 15 is 0 Å². The summed E-state index contributed by atoms with van der Waals surface area (Å²) in [6.45, 7) is 3.48. The number of halogens is 1. The molecule has 0 saturated carbocycles. The van der Waals surface area contributed by atoms with E-state index in [1.165, 1.54) is 18.3 Å². The number of rotatable bonds is 5. The molecule has 126 valence electrons. The third-order valence-electron chi connectivity index (χ3n) is 3.19. The first kappa shape index (κ1) is 18.1. The summed E-state index contributed by atoms with van der Waals surface area (Å²) in [7, 11) is -3.81. The Bertz CT molecular complexity index is 926. The number of nitrogens with zero attached hydrogens (tertiary/aromatic N) is 2. The molecule has 0 unspecified atom stereocenters. The van der Waals surface area contributed by atoms with Crippen LogP contribution >= 0.6 is 15.9 Å². The van der Waals surface area contributed by atoms with E-state index in [2.05, 4.69) is 25.9 Å². The number of hydrogen-bond acceptors (Lipinski definition) is 5. The van der Waals surface area contributed by atoms with Crippen LogP contribution in [0.3, 0.4) is 0 Å². The molecule has 9 heteroatoms. The maximum absolute atomic E-state index is 12.3. The summed E-state index contributed by atoms with van der Waals surface area (Å²) in [6, 6.07) is 9.45. The molecule has 0 saturated heterocycles. The van der Waals surface area contributed by atoms with Crippen molar-refractivity contribution in [1.29, 1.82) is 0 Å². The third kappa shape index (κ3) is 4.18. The van der Waals surface area contributed by atoms with Crippen molar-refractivity contribution in [3.05, 3.63) is 67.7 Å². The van der Waals surface area contributed by atoms with Crippen molar-refractivity contribution in [2.45, 2.75) is 18.7 Å². The Morgan fingerprint density at radius 2 is 1.92 bits per heavy atom. The van der Waals surface area contributed by atoms with Crippen LogP contribution < -0.4 is 4.83 Å². The van der Waals surface area contributed by atoms with E-state index in [-0.39, 0.29) is 10.6 Å². The first-order chi connectivity index (χ1) is 11.2. The smallest absolute Gasteiger partial charge is 0.258 e. The Labute approximate surface area is 147 Å². The van der Waals surface area contributed by atoms with Crippen molar-refractivity contribution >= 4 is 37.9 Å². The lowest BCUT2D eigenvalue weighted by atomic mass is 10.2. The van der Waals surface area contributed by atoms with Gasteiger partial charge in [-0.25, -0.2) is 4.83 Å². The zero-order chi connectivity index (χ0) is 17.9. The number of nitro groups is 1. The summed E-state index contributed by atoms with van der Waals surface area (Å²) >= 11 is 3.08. The standard InChI is InChI=1S/C15H14BrN3O4S/c1-10-3-4-11(2)15(7-10)24(22,23)18-17-9-12-5-6-13(16)14(8-12)19(20)21/h3-9,18H,1-2H3/b17-9-. The average molecular weight is 412 g/mol. The molecule has 0 amide bonds. The first-order valence-corrected chi connectivity index (χ1v) is 9.04. The summed E-state index contributed by atoms with van der Waals surface area (Å²) in [6.07, 6.45) is 1.21. The van der Waals surface area contributed by atoms with Crippen molar-refractivity contribution in [2.24, 2.45) is 5.10 Å². The van der Waals surface area contributed by atoms with Crippen molar-refractivity contribution < 1.29 is 13.3 Å². The van der Waals surface area contributed by atoms with E-state index in [0.29, 0.717) is 15.6 Å². The summed E-state index contributed by atoms with van der Waals surface area (Å²) in [5, 5.41) is 14.6. The van der Waals surface area contributed by atoms with Crippen LogP contribution in [-0.2, 0) is 10.0 Å². The van der Waals surface area contributed by atoms with E-state index in [1.807, 2.05) is 6.07 Å². The summed E-state index contributed by atoms with van der Waals surface area (Å²) in [5.74, 6) is 0. The largest absolute Gasteiger partial charge is 0.284 e. The third-order valence-corrected chi connectivity index (χ3v) is 5.22. The Hall–Kier alpha value is -2.26. The second-order valence-electron chi connectivity index (χ2n) is 5.09. The minimum Gasteiger partial charge on any atom is -0.258 e. The van der Waals surface area contributed by atoms with Gasteiger partial charge in [0.15, 0.2) is 0 Å². The molecule has 0 aromatic heterocycles. The lowest BCUT2D eigenvalue weighted by molar-refractivity contribution is -0.385. The van der Waals surface area contributed by atoms with Crippen LogP contribution in [0.2, 0.25) is 0 Å². The maximum atomic E-state index is 12.3. The van der Waals surface area contributed by atoms with Gasteiger partial charge in [0.1, 0.15) is 0 Å². The Morgan fingerprint density at radius 3 is 2.58 bits per heavy atom. The summed E-state index contributed by atoms with van der Waals surface area (Å²) in [5.41, 5.74) is 1.68. The van der Waals surface area contributed by atoms with Gasteiger partial charge >= 0.3 is 0 Å². The normalized spacial score (nSPS) is 11.6. The summed E-state index contributed by atoms with van der Waals surface area (Å²) in [4.78, 5) is 12.6. The van der Waals surface area contributed by atoms with Gasteiger partial charge in [-0.1, -0.05) is 18.2 Å². The molecule has 0 aliphatic rings. The highest BCUT2D eigenvalue weighted by Crippen LogP contribution is 2.25. The molecule has 2 aromatic carbocycles. The molecule has 1 N–H and O–H groups in total. The van der Waals surface area contributed by atoms with Gasteiger partial charge in [0.05, 0.1) is 20.5 Å². The molecule has 0 spiro atoms. The predicted octanol–water partition coefficient (Wildman–Crippen LogP) is 3.29. The Morgan fingerprint density at radius 1 is 1.21 bits per heavy atom. The van der Waals surface area contributed by atoms with Crippen molar-refractivity contribution in [3.63, 3.8) is 0 Å². The van der Waals surface area contributed by atoms with E-state index in [0.717, 1.165) is 5.56 Å². The minimum atomic E-state index is -3.81. The fourth-order valence-corrected chi connectivity index (χ4v) is 3.48. The Balaban J connectivity index is 2.23. The average Bonchev–Trinajstić information content (AvgIpc) is 2.50. The van der Waals surface area contributed by atoms with Crippen LogP contribution in [0.15, 0.2) is 50.9 Å². The number of benzene rings is 2. The second kappa shape index (κ2) is 7.10. The van der Waals surface area contributed by atoms with Gasteiger partial charge < -0.3 is 0 Å². The molecular formula is C15H14BrN3O4S. The van der Waals surface area contributed by atoms with E-state index in [1.54, 1.807) is 32.0 Å². The number of sulfonamides is 1. The van der Waals surface area contributed by atoms with Gasteiger partial charge in [-0.2, -0.15) is 13.5 Å². The first-order valence-electron chi connectivity index (χ1n) is 6.77. The van der Waals surface area contributed by atoms with E-state index < -0.39 is 14.9 Å². The fourth-order valence-electron chi connectivity index (χ4n) is 1.97. The van der Waals surface area contributed by atoms with Gasteiger partial charge in [-0.15, -0.1) is 0 Å². The highest BCUT2D eigenvalue weighted by Gasteiger charge is 2.16. The van der Waals surface area contributed by atoms with Crippen molar-refractivity contribution in [3.8, 4) is 0 Å². The quantitative estimate of drug-likeness (QED) is 0.463. The highest BCUT2D eigenvalue weighted by atomic mass is 79.9. The second-order valence-corrected chi connectivity index (χ2v) is 7.57. The number of aryl methyl sites for hydroxylation is 2.